The van der Waals surface area contributed by atoms with Crippen LogP contribution >= 0.6 is 0 Å². The molecule has 0 aliphatic carbocycles. The minimum atomic E-state index is 0.466. The molecular weight excluding hydrogens is 354 g/mol. The SMILES string of the molecule is CCOc1ccc(-c2ccc(C=C(C#N)c3ccc(OC)c(OC)c3)o2)cc1. The molecule has 0 aliphatic heterocycles. The van der Waals surface area contributed by atoms with Crippen LogP contribution in [0.15, 0.2) is 59.0 Å². The number of furan rings is 1. The molecule has 5 nitrogen and oxygen atoms in total. The summed E-state index contributed by atoms with van der Waals surface area (Å²) in [5, 5.41) is 9.59. The molecule has 5 heteroatoms. The maximum atomic E-state index is 9.59. The molecule has 28 heavy (non-hydrogen) atoms. The number of nitrogens with zero attached hydrogens (tertiary/aromatic N) is 1. The minimum Gasteiger partial charge on any atom is -0.494 e. The summed E-state index contributed by atoms with van der Waals surface area (Å²) in [7, 11) is 3.14. The second-order valence-corrected chi connectivity index (χ2v) is 5.90. The predicted octanol–water partition coefficient (Wildman–Crippen LogP) is 5.43. The number of rotatable bonds is 7. The van der Waals surface area contributed by atoms with E-state index in [0.29, 0.717) is 29.4 Å². The van der Waals surface area contributed by atoms with Crippen molar-refractivity contribution in [3.63, 3.8) is 0 Å². The highest BCUT2D eigenvalue weighted by Gasteiger charge is 2.10. The van der Waals surface area contributed by atoms with Gasteiger partial charge in [-0.2, -0.15) is 5.26 Å². The molecule has 2 aromatic carbocycles. The third-order valence-corrected chi connectivity index (χ3v) is 4.18. The van der Waals surface area contributed by atoms with E-state index in [4.69, 9.17) is 18.6 Å². The topological polar surface area (TPSA) is 64.6 Å². The van der Waals surface area contributed by atoms with Crippen LogP contribution in [0.5, 0.6) is 17.2 Å². The smallest absolute Gasteiger partial charge is 0.161 e. The monoisotopic (exact) mass is 375 g/mol. The number of benzene rings is 2. The van der Waals surface area contributed by atoms with Gasteiger partial charge in [-0.25, -0.2) is 0 Å². The van der Waals surface area contributed by atoms with Gasteiger partial charge in [0.1, 0.15) is 17.3 Å². The van der Waals surface area contributed by atoms with Crippen molar-refractivity contribution >= 4 is 11.6 Å². The lowest BCUT2D eigenvalue weighted by atomic mass is 10.1. The molecule has 1 heterocycles. The molecule has 0 spiro atoms. The molecule has 0 aliphatic rings. The first kappa shape index (κ1) is 19.1. The number of methoxy groups -OCH3 is 2. The van der Waals surface area contributed by atoms with E-state index in [9.17, 15) is 5.26 Å². The fourth-order valence-electron chi connectivity index (χ4n) is 2.79. The van der Waals surface area contributed by atoms with Gasteiger partial charge in [0.05, 0.1) is 32.5 Å². The molecular formula is C23H21NO4. The zero-order valence-electron chi connectivity index (χ0n) is 16.1. The summed E-state index contributed by atoms with van der Waals surface area (Å²) in [6.45, 7) is 2.58. The van der Waals surface area contributed by atoms with E-state index < -0.39 is 0 Å². The molecule has 0 fully saturated rings. The maximum Gasteiger partial charge on any atom is 0.161 e. The Morgan fingerprint density at radius 2 is 1.75 bits per heavy atom. The number of nitriles is 1. The Morgan fingerprint density at radius 3 is 2.39 bits per heavy atom. The lowest BCUT2D eigenvalue weighted by Gasteiger charge is -2.08. The van der Waals surface area contributed by atoms with Crippen LogP contribution in [0.3, 0.4) is 0 Å². The average Bonchev–Trinajstić information content (AvgIpc) is 3.21. The average molecular weight is 375 g/mol. The summed E-state index contributed by atoms with van der Waals surface area (Å²) < 4.78 is 21.9. The second-order valence-electron chi connectivity index (χ2n) is 5.90. The summed E-state index contributed by atoms with van der Waals surface area (Å²) in [4.78, 5) is 0. The lowest BCUT2D eigenvalue weighted by molar-refractivity contribution is 0.340. The quantitative estimate of drug-likeness (QED) is 0.516. The van der Waals surface area contributed by atoms with Crippen LogP contribution in [0.1, 0.15) is 18.2 Å². The molecule has 0 radical (unpaired) electrons. The highest BCUT2D eigenvalue weighted by Crippen LogP contribution is 2.32. The van der Waals surface area contributed by atoms with Crippen LogP contribution in [-0.4, -0.2) is 20.8 Å². The van der Waals surface area contributed by atoms with Crippen LogP contribution in [0, 0.1) is 11.3 Å². The summed E-state index contributed by atoms with van der Waals surface area (Å²) in [6.07, 6.45) is 1.71. The van der Waals surface area contributed by atoms with Crippen LogP contribution in [-0.2, 0) is 0 Å². The molecule has 3 rings (SSSR count). The van der Waals surface area contributed by atoms with Gasteiger partial charge < -0.3 is 18.6 Å². The van der Waals surface area contributed by atoms with Gasteiger partial charge in [-0.15, -0.1) is 0 Å². The Bertz CT molecular complexity index is 1010. The normalized spacial score (nSPS) is 11.0. The number of allylic oxidation sites excluding steroid dienone is 1. The zero-order valence-corrected chi connectivity index (χ0v) is 16.1. The van der Waals surface area contributed by atoms with Gasteiger partial charge in [0.15, 0.2) is 11.5 Å². The van der Waals surface area contributed by atoms with Gasteiger partial charge >= 0.3 is 0 Å². The molecule has 0 saturated heterocycles. The van der Waals surface area contributed by atoms with Gasteiger partial charge in [-0.1, -0.05) is 0 Å². The van der Waals surface area contributed by atoms with Crippen molar-refractivity contribution in [2.24, 2.45) is 0 Å². The van der Waals surface area contributed by atoms with Crippen molar-refractivity contribution in [3.05, 3.63) is 65.9 Å². The van der Waals surface area contributed by atoms with E-state index in [1.807, 2.05) is 49.4 Å². The highest BCUT2D eigenvalue weighted by atomic mass is 16.5. The van der Waals surface area contributed by atoms with E-state index in [-0.39, 0.29) is 0 Å². The molecule has 3 aromatic rings. The molecule has 0 atom stereocenters. The largest absolute Gasteiger partial charge is 0.494 e. The summed E-state index contributed by atoms with van der Waals surface area (Å²) >= 11 is 0. The Labute approximate surface area is 164 Å². The van der Waals surface area contributed by atoms with Gasteiger partial charge in [-0.3, -0.25) is 0 Å². The first-order valence-electron chi connectivity index (χ1n) is 8.85. The maximum absolute atomic E-state index is 9.59. The molecule has 1 aromatic heterocycles. The fraction of sp³-hybridized carbons (Fsp3) is 0.174. The van der Waals surface area contributed by atoms with E-state index in [2.05, 4.69) is 6.07 Å². The summed E-state index contributed by atoms with van der Waals surface area (Å²) in [5.74, 6) is 3.31. The third-order valence-electron chi connectivity index (χ3n) is 4.18. The van der Waals surface area contributed by atoms with Crippen molar-refractivity contribution in [3.8, 4) is 34.6 Å². The molecule has 0 saturated carbocycles. The Hall–Kier alpha value is -3.65. The molecule has 0 amide bonds. The van der Waals surface area contributed by atoms with Crippen molar-refractivity contribution in [2.45, 2.75) is 6.92 Å². The number of hydrogen-bond donors (Lipinski definition) is 0. The van der Waals surface area contributed by atoms with E-state index in [0.717, 1.165) is 22.6 Å². The van der Waals surface area contributed by atoms with Crippen molar-refractivity contribution < 1.29 is 18.6 Å². The molecule has 142 valence electrons. The summed E-state index contributed by atoms with van der Waals surface area (Å²) in [5.41, 5.74) is 2.13. The third kappa shape index (κ3) is 4.18. The second kappa shape index (κ2) is 8.83. The fourth-order valence-corrected chi connectivity index (χ4v) is 2.79. The Morgan fingerprint density at radius 1 is 1.00 bits per heavy atom. The Balaban J connectivity index is 1.87. The Kier molecular flexibility index (Phi) is 6.03. The zero-order chi connectivity index (χ0) is 19.9. The molecule has 0 unspecified atom stereocenters. The van der Waals surface area contributed by atoms with Gasteiger partial charge in [0, 0.05) is 5.56 Å². The summed E-state index contributed by atoms with van der Waals surface area (Å²) in [6, 6.07) is 19.0. The van der Waals surface area contributed by atoms with Crippen LogP contribution in [0.4, 0.5) is 0 Å². The van der Waals surface area contributed by atoms with Crippen LogP contribution < -0.4 is 14.2 Å². The van der Waals surface area contributed by atoms with E-state index in [1.54, 1.807) is 32.4 Å². The number of ether oxygens (including phenoxy) is 3. The molecule has 0 bridgehead atoms. The van der Waals surface area contributed by atoms with Crippen LogP contribution in [0.25, 0.3) is 23.0 Å². The van der Waals surface area contributed by atoms with Gasteiger partial charge in [-0.05, 0) is 73.2 Å². The minimum absolute atomic E-state index is 0.466. The first-order chi connectivity index (χ1) is 13.7. The first-order valence-corrected chi connectivity index (χ1v) is 8.85. The lowest BCUT2D eigenvalue weighted by Crippen LogP contribution is -1.92. The van der Waals surface area contributed by atoms with E-state index >= 15 is 0 Å². The highest BCUT2D eigenvalue weighted by molar-refractivity contribution is 5.89. The van der Waals surface area contributed by atoms with Crippen molar-refractivity contribution in [2.75, 3.05) is 20.8 Å². The number of hydrogen-bond acceptors (Lipinski definition) is 5. The van der Waals surface area contributed by atoms with Gasteiger partial charge in [0.2, 0.25) is 0 Å². The van der Waals surface area contributed by atoms with Gasteiger partial charge in [0.25, 0.3) is 0 Å². The van der Waals surface area contributed by atoms with Crippen molar-refractivity contribution in [1.29, 1.82) is 5.26 Å². The standard InChI is InChI=1S/C23H21NO4/c1-4-27-19-8-5-16(6-9-19)21-12-10-20(28-21)13-18(15-24)17-7-11-22(25-2)23(14-17)26-3/h5-14H,4H2,1-3H3. The predicted molar refractivity (Wildman–Crippen MR) is 108 cm³/mol. The van der Waals surface area contributed by atoms with E-state index in [1.165, 1.54) is 0 Å². The van der Waals surface area contributed by atoms with Crippen molar-refractivity contribution in [1.82, 2.24) is 0 Å². The molecule has 0 N–H and O–H groups in total. The van der Waals surface area contributed by atoms with Crippen LogP contribution in [0.2, 0.25) is 0 Å².